The van der Waals surface area contributed by atoms with Gasteiger partial charge < -0.3 is 24.2 Å². The summed E-state index contributed by atoms with van der Waals surface area (Å²) in [6.07, 6.45) is -1.03. The van der Waals surface area contributed by atoms with Gasteiger partial charge in [0.1, 0.15) is 27.0 Å². The molecule has 0 atom stereocenters. The molecule has 1 aromatic heterocycles. The molecule has 0 fully saturated rings. The summed E-state index contributed by atoms with van der Waals surface area (Å²) in [5.74, 6) is 1.81. The number of hydrogen-bond donors (Lipinski definition) is 2. The number of methoxy groups -OCH3 is 3. The lowest BCUT2D eigenvalue weighted by Crippen LogP contribution is -2.46. The highest BCUT2D eigenvalue weighted by Crippen LogP contribution is 2.38. The number of hydrogen-bond acceptors (Lipinski definition) is 11. The molecule has 0 radical (unpaired) electrons. The highest BCUT2D eigenvalue weighted by Gasteiger charge is 2.37. The molecule has 19 heteroatoms. The van der Waals surface area contributed by atoms with E-state index < -0.39 is 41.5 Å². The molecule has 5 rings (SSSR count). The number of sulfonamides is 2. The predicted molar refractivity (Wildman–Crippen MR) is 225 cm³/mol. The molecule has 0 spiro atoms. The van der Waals surface area contributed by atoms with Crippen LogP contribution in [0.5, 0.6) is 17.2 Å². The van der Waals surface area contributed by atoms with Crippen LogP contribution in [0.15, 0.2) is 94.7 Å². The minimum Gasteiger partial charge on any atom is -0.497 e. The van der Waals surface area contributed by atoms with Crippen LogP contribution in [0.2, 0.25) is 0 Å². The summed E-state index contributed by atoms with van der Waals surface area (Å²) >= 11 is 1.96. The number of aromatic nitrogens is 4. The molecule has 1 amide bonds. The number of rotatable bonds is 18. The topological polar surface area (TPSA) is 195 Å². The van der Waals surface area contributed by atoms with Gasteiger partial charge in [0, 0.05) is 35.3 Å². The van der Waals surface area contributed by atoms with Crippen molar-refractivity contribution in [3.63, 3.8) is 0 Å². The average molecular weight is 948 g/mol. The first-order chi connectivity index (χ1) is 27.5. The van der Waals surface area contributed by atoms with Crippen LogP contribution in [0.4, 0.5) is 4.79 Å². The number of ether oxygens (including phenoxy) is 3. The number of carbonyl (C=O) groups is 1. The van der Waals surface area contributed by atoms with Gasteiger partial charge >= 0.3 is 6.09 Å². The molecular weight excluding hydrogens is 902 g/mol. The van der Waals surface area contributed by atoms with Crippen molar-refractivity contribution >= 4 is 48.7 Å². The van der Waals surface area contributed by atoms with Crippen LogP contribution < -0.4 is 18.9 Å². The zero-order valence-electron chi connectivity index (χ0n) is 32.9. The van der Waals surface area contributed by atoms with Crippen molar-refractivity contribution in [3.8, 4) is 28.6 Å². The molecule has 0 saturated heterocycles. The Kier molecular flexibility index (Phi) is 14.4. The second-order valence-electron chi connectivity index (χ2n) is 14.1. The molecule has 0 aliphatic heterocycles. The van der Waals surface area contributed by atoms with Gasteiger partial charge in [0.25, 0.3) is 0 Å². The first-order valence-corrected chi connectivity index (χ1v) is 22.0. The van der Waals surface area contributed by atoms with Crippen molar-refractivity contribution in [2.75, 3.05) is 34.4 Å². The summed E-state index contributed by atoms with van der Waals surface area (Å²) < 4.78 is 81.2. The van der Waals surface area contributed by atoms with E-state index in [2.05, 4.69) is 20.2 Å². The van der Waals surface area contributed by atoms with Crippen molar-refractivity contribution in [2.45, 2.75) is 62.2 Å². The van der Waals surface area contributed by atoms with Crippen molar-refractivity contribution in [2.24, 2.45) is 0 Å². The lowest BCUT2D eigenvalue weighted by atomic mass is 10.1. The smallest absolute Gasteiger partial charge is 0.407 e. The van der Waals surface area contributed by atoms with Crippen LogP contribution in [-0.2, 0) is 39.7 Å². The van der Waals surface area contributed by atoms with Gasteiger partial charge in [0.15, 0.2) is 5.82 Å². The summed E-state index contributed by atoms with van der Waals surface area (Å²) in [5, 5.41) is 22.1. The fourth-order valence-corrected chi connectivity index (χ4v) is 10.4. The molecule has 5 aromatic rings. The highest BCUT2D eigenvalue weighted by molar-refractivity contribution is 14.1. The van der Waals surface area contributed by atoms with Crippen molar-refractivity contribution in [1.82, 2.24) is 34.1 Å². The Morgan fingerprint density at radius 3 is 1.76 bits per heavy atom. The number of carboxylic acid groups (broad SMARTS) is 1. The van der Waals surface area contributed by atoms with Crippen molar-refractivity contribution in [1.29, 1.82) is 0 Å². The van der Waals surface area contributed by atoms with Gasteiger partial charge in [-0.15, -0.1) is 5.10 Å². The molecule has 0 unspecified atom stereocenters. The number of benzene rings is 4. The Balaban J connectivity index is 1.67. The number of tetrazole rings is 1. The summed E-state index contributed by atoms with van der Waals surface area (Å²) in [6.45, 7) is 4.88. The van der Waals surface area contributed by atoms with E-state index in [1.54, 1.807) is 88.5 Å². The molecule has 0 aliphatic rings. The minimum atomic E-state index is -4.76. The van der Waals surface area contributed by atoms with Crippen molar-refractivity contribution < 1.29 is 40.9 Å². The van der Waals surface area contributed by atoms with Gasteiger partial charge in [0.05, 0.1) is 33.4 Å². The SMILES string of the molecule is COc1ccc(CN(Cc2ccc(OC)cc2)S(=O)(=O)c2c(S(=O)(=O)NCCCN(C(=O)O)C(C)(C)C)ccc(I)c2-c2nnnn2Cc2ccc(OC)cc2)cc1. The largest absolute Gasteiger partial charge is 0.497 e. The van der Waals surface area contributed by atoms with E-state index in [4.69, 9.17) is 14.2 Å². The van der Waals surface area contributed by atoms with Crippen LogP contribution in [0.25, 0.3) is 11.4 Å². The Bertz CT molecular complexity index is 2360. The van der Waals surface area contributed by atoms with E-state index in [0.29, 0.717) is 31.9 Å². The van der Waals surface area contributed by atoms with Crippen LogP contribution in [0, 0.1) is 3.57 Å². The van der Waals surface area contributed by atoms with Gasteiger partial charge in [-0.25, -0.2) is 31.0 Å². The van der Waals surface area contributed by atoms with Gasteiger partial charge in [-0.1, -0.05) is 36.4 Å². The number of halogens is 1. The van der Waals surface area contributed by atoms with E-state index in [-0.39, 0.29) is 50.5 Å². The minimum absolute atomic E-state index is 0.0127. The fourth-order valence-electron chi connectivity index (χ4n) is 6.07. The maximum atomic E-state index is 15.5. The zero-order valence-corrected chi connectivity index (χ0v) is 36.7. The van der Waals surface area contributed by atoms with Crippen LogP contribution in [-0.4, -0.2) is 97.4 Å². The predicted octanol–water partition coefficient (Wildman–Crippen LogP) is 5.86. The molecule has 310 valence electrons. The molecular formula is C39H46IN7O9S2. The Labute approximate surface area is 352 Å². The Morgan fingerprint density at radius 1 is 0.793 bits per heavy atom. The normalized spacial score (nSPS) is 12.1. The Hall–Kier alpha value is -4.83. The number of nitrogens with one attached hydrogen (secondary N) is 1. The van der Waals surface area contributed by atoms with E-state index in [1.807, 2.05) is 34.7 Å². The number of amides is 1. The maximum absolute atomic E-state index is 15.5. The van der Waals surface area contributed by atoms with Gasteiger partial charge in [-0.05, 0) is 125 Å². The van der Waals surface area contributed by atoms with E-state index in [0.717, 1.165) is 5.56 Å². The van der Waals surface area contributed by atoms with Crippen LogP contribution in [0.1, 0.15) is 43.9 Å². The summed E-state index contributed by atoms with van der Waals surface area (Å²) in [6, 6.07) is 23.7. The third-order valence-electron chi connectivity index (χ3n) is 9.13. The van der Waals surface area contributed by atoms with E-state index in [1.165, 1.54) is 40.2 Å². The van der Waals surface area contributed by atoms with Gasteiger partial charge in [0.2, 0.25) is 20.0 Å². The molecule has 1 heterocycles. The molecule has 4 aromatic carbocycles. The van der Waals surface area contributed by atoms with Crippen LogP contribution >= 0.6 is 22.6 Å². The first-order valence-electron chi connectivity index (χ1n) is 18.0. The second kappa shape index (κ2) is 18.8. The van der Waals surface area contributed by atoms with Gasteiger partial charge in [-0.3, -0.25) is 0 Å². The molecule has 0 saturated carbocycles. The maximum Gasteiger partial charge on any atom is 0.407 e. The first kappa shape index (κ1) is 44.3. The third kappa shape index (κ3) is 10.6. The second-order valence-corrected chi connectivity index (χ2v) is 18.9. The quantitative estimate of drug-likeness (QED) is 0.0787. The molecule has 58 heavy (non-hydrogen) atoms. The molecule has 0 aliphatic carbocycles. The highest BCUT2D eigenvalue weighted by atomic mass is 127. The monoisotopic (exact) mass is 947 g/mol. The summed E-state index contributed by atoms with van der Waals surface area (Å²) in [5.41, 5.74) is 1.24. The summed E-state index contributed by atoms with van der Waals surface area (Å²) in [7, 11) is -4.74. The Morgan fingerprint density at radius 2 is 1.29 bits per heavy atom. The molecule has 2 N–H and O–H groups in total. The zero-order chi connectivity index (χ0) is 42.3. The van der Waals surface area contributed by atoms with Gasteiger partial charge in [-0.2, -0.15) is 4.31 Å². The summed E-state index contributed by atoms with van der Waals surface area (Å²) in [4.78, 5) is 12.1. The molecule has 0 bridgehead atoms. The lowest BCUT2D eigenvalue weighted by molar-refractivity contribution is 0.0998. The van der Waals surface area contributed by atoms with E-state index in [9.17, 15) is 18.3 Å². The lowest BCUT2D eigenvalue weighted by Gasteiger charge is -2.33. The third-order valence-corrected chi connectivity index (χ3v) is 13.5. The fraction of sp³-hybridized carbons (Fsp3) is 0.333. The van der Waals surface area contributed by atoms with Crippen LogP contribution in [0.3, 0.4) is 0 Å². The average Bonchev–Trinajstić information content (AvgIpc) is 3.64. The standard InChI is InChI=1S/C39H46IN7O9S2/c1-39(2,3)46(38(48)49)23-7-22-41-57(50,51)34-21-20-33(40)35(37-42-43-44-47(37)26-29-12-18-32(56-6)19-13-29)36(34)58(52,53)45(24-27-8-14-30(54-4)15-9-27)25-28-10-16-31(55-5)17-11-28/h8-21,41H,7,22-26H2,1-6H3,(H,48,49). The molecule has 16 nitrogen and oxygen atoms in total. The van der Waals surface area contributed by atoms with E-state index >= 15 is 8.42 Å². The van der Waals surface area contributed by atoms with Crippen molar-refractivity contribution in [3.05, 3.63) is 105 Å². The number of nitrogens with zero attached hydrogens (tertiary/aromatic N) is 6.